The van der Waals surface area contributed by atoms with Crippen LogP contribution < -0.4 is 10.3 Å². The number of rotatable bonds is 3. The zero-order valence-corrected chi connectivity index (χ0v) is 10.6. The first-order valence-corrected chi connectivity index (χ1v) is 6.14. The SMILES string of the molecule is COc1cccc(-n2c(=O)cc(C3CC3)n2C)c1. The van der Waals surface area contributed by atoms with Crippen LogP contribution in [0.2, 0.25) is 0 Å². The first kappa shape index (κ1) is 11.1. The van der Waals surface area contributed by atoms with Gasteiger partial charge in [-0.25, -0.2) is 4.68 Å². The second-order valence-electron chi connectivity index (χ2n) is 4.72. The summed E-state index contributed by atoms with van der Waals surface area (Å²) in [4.78, 5) is 12.1. The minimum absolute atomic E-state index is 0.0210. The maximum atomic E-state index is 12.1. The van der Waals surface area contributed by atoms with Crippen LogP contribution in [0.3, 0.4) is 0 Å². The van der Waals surface area contributed by atoms with Crippen LogP contribution in [-0.4, -0.2) is 16.5 Å². The standard InChI is InChI=1S/C14H16N2O2/c1-15-13(10-6-7-10)9-14(17)16(15)11-4-3-5-12(8-11)18-2/h3-5,8-10H,6-7H2,1-2H3. The molecule has 0 atom stereocenters. The van der Waals surface area contributed by atoms with Gasteiger partial charge in [-0.05, 0) is 25.0 Å². The first-order chi connectivity index (χ1) is 8.70. The van der Waals surface area contributed by atoms with Gasteiger partial charge in [-0.3, -0.25) is 9.48 Å². The van der Waals surface area contributed by atoms with E-state index in [2.05, 4.69) is 0 Å². The minimum Gasteiger partial charge on any atom is -0.497 e. The molecule has 1 aliphatic carbocycles. The van der Waals surface area contributed by atoms with E-state index in [1.807, 2.05) is 36.0 Å². The number of hydrogen-bond acceptors (Lipinski definition) is 2. The molecule has 1 aromatic heterocycles. The first-order valence-electron chi connectivity index (χ1n) is 6.14. The normalized spacial score (nSPS) is 14.8. The molecule has 0 bridgehead atoms. The Morgan fingerprint density at radius 3 is 2.72 bits per heavy atom. The molecule has 0 unspecified atom stereocenters. The van der Waals surface area contributed by atoms with Gasteiger partial charge < -0.3 is 4.74 Å². The number of ether oxygens (including phenoxy) is 1. The molecule has 0 amide bonds. The summed E-state index contributed by atoms with van der Waals surface area (Å²) in [5, 5.41) is 0. The summed E-state index contributed by atoms with van der Waals surface area (Å²) in [6.07, 6.45) is 2.38. The number of methoxy groups -OCH3 is 1. The molecule has 4 heteroatoms. The Morgan fingerprint density at radius 2 is 2.06 bits per heavy atom. The zero-order chi connectivity index (χ0) is 12.7. The van der Waals surface area contributed by atoms with Gasteiger partial charge in [0.15, 0.2) is 0 Å². The van der Waals surface area contributed by atoms with Gasteiger partial charge in [0.2, 0.25) is 0 Å². The Morgan fingerprint density at radius 1 is 1.28 bits per heavy atom. The lowest BCUT2D eigenvalue weighted by Gasteiger charge is -2.10. The second-order valence-corrected chi connectivity index (χ2v) is 4.72. The summed E-state index contributed by atoms with van der Waals surface area (Å²) in [7, 11) is 3.57. The third-order valence-electron chi connectivity index (χ3n) is 3.45. The number of aromatic nitrogens is 2. The number of benzene rings is 1. The predicted molar refractivity (Wildman–Crippen MR) is 69.5 cm³/mol. The molecule has 1 aliphatic rings. The van der Waals surface area contributed by atoms with Crippen molar-refractivity contribution < 1.29 is 4.74 Å². The van der Waals surface area contributed by atoms with Gasteiger partial charge in [0.05, 0.1) is 12.8 Å². The van der Waals surface area contributed by atoms with Crippen LogP contribution in [0.25, 0.3) is 5.69 Å². The van der Waals surface area contributed by atoms with E-state index in [1.165, 1.54) is 12.8 Å². The van der Waals surface area contributed by atoms with Crippen molar-refractivity contribution >= 4 is 0 Å². The van der Waals surface area contributed by atoms with Crippen molar-refractivity contribution in [2.24, 2.45) is 7.05 Å². The molecule has 0 spiro atoms. The molecule has 0 radical (unpaired) electrons. The quantitative estimate of drug-likeness (QED) is 0.828. The smallest absolute Gasteiger partial charge is 0.271 e. The lowest BCUT2D eigenvalue weighted by Crippen LogP contribution is -2.19. The maximum absolute atomic E-state index is 12.1. The molecular formula is C14H16N2O2. The number of hydrogen-bond donors (Lipinski definition) is 0. The molecule has 0 saturated heterocycles. The average Bonchev–Trinajstić information content (AvgIpc) is 3.16. The summed E-state index contributed by atoms with van der Waals surface area (Å²) in [6.45, 7) is 0. The van der Waals surface area contributed by atoms with Crippen LogP contribution in [-0.2, 0) is 7.05 Å². The Kier molecular flexibility index (Phi) is 2.51. The van der Waals surface area contributed by atoms with Gasteiger partial charge in [0, 0.05) is 30.8 Å². The van der Waals surface area contributed by atoms with Crippen LogP contribution in [0.5, 0.6) is 5.75 Å². The molecule has 1 heterocycles. The second kappa shape index (κ2) is 4.05. The van der Waals surface area contributed by atoms with Gasteiger partial charge in [0.25, 0.3) is 5.56 Å². The van der Waals surface area contributed by atoms with Crippen LogP contribution in [0.4, 0.5) is 0 Å². The monoisotopic (exact) mass is 244 g/mol. The lowest BCUT2D eigenvalue weighted by atomic mass is 10.3. The molecule has 1 fully saturated rings. The van der Waals surface area contributed by atoms with Gasteiger partial charge in [-0.2, -0.15) is 0 Å². The van der Waals surface area contributed by atoms with Gasteiger partial charge in [-0.15, -0.1) is 0 Å². The van der Waals surface area contributed by atoms with Crippen LogP contribution in [0.15, 0.2) is 35.1 Å². The number of nitrogens with zero attached hydrogens (tertiary/aromatic N) is 2. The van der Waals surface area contributed by atoms with Crippen LogP contribution in [0, 0.1) is 0 Å². The molecule has 0 aliphatic heterocycles. The van der Waals surface area contributed by atoms with Gasteiger partial charge in [0.1, 0.15) is 5.75 Å². The zero-order valence-electron chi connectivity index (χ0n) is 10.6. The third kappa shape index (κ3) is 1.74. The topological polar surface area (TPSA) is 36.2 Å². The summed E-state index contributed by atoms with van der Waals surface area (Å²) < 4.78 is 8.84. The molecule has 2 aromatic rings. The summed E-state index contributed by atoms with van der Waals surface area (Å²) >= 11 is 0. The van der Waals surface area contributed by atoms with Crippen molar-refractivity contribution in [3.63, 3.8) is 0 Å². The third-order valence-corrected chi connectivity index (χ3v) is 3.45. The van der Waals surface area contributed by atoms with Crippen LogP contribution in [0.1, 0.15) is 24.5 Å². The molecular weight excluding hydrogens is 228 g/mol. The molecule has 18 heavy (non-hydrogen) atoms. The predicted octanol–water partition coefficient (Wildman–Crippen LogP) is 2.06. The Bertz CT molecular complexity index is 635. The highest BCUT2D eigenvalue weighted by molar-refractivity contribution is 5.39. The van der Waals surface area contributed by atoms with E-state index in [9.17, 15) is 4.79 Å². The highest BCUT2D eigenvalue weighted by Crippen LogP contribution is 2.39. The van der Waals surface area contributed by atoms with Crippen molar-refractivity contribution in [1.29, 1.82) is 0 Å². The van der Waals surface area contributed by atoms with Gasteiger partial charge in [-0.1, -0.05) is 6.07 Å². The summed E-state index contributed by atoms with van der Waals surface area (Å²) in [6, 6.07) is 9.31. The fourth-order valence-corrected chi connectivity index (χ4v) is 2.35. The Balaban J connectivity index is 2.13. The van der Waals surface area contributed by atoms with Crippen molar-refractivity contribution in [2.75, 3.05) is 7.11 Å². The van der Waals surface area contributed by atoms with Crippen molar-refractivity contribution in [1.82, 2.24) is 9.36 Å². The fraction of sp³-hybridized carbons (Fsp3) is 0.357. The molecule has 1 saturated carbocycles. The summed E-state index contributed by atoms with van der Waals surface area (Å²) in [5.41, 5.74) is 1.99. The minimum atomic E-state index is 0.0210. The highest BCUT2D eigenvalue weighted by atomic mass is 16.5. The molecule has 1 aromatic carbocycles. The average molecular weight is 244 g/mol. The lowest BCUT2D eigenvalue weighted by molar-refractivity contribution is 0.414. The van der Waals surface area contributed by atoms with E-state index in [4.69, 9.17) is 4.74 Å². The fourth-order valence-electron chi connectivity index (χ4n) is 2.35. The van der Waals surface area contributed by atoms with E-state index in [0.29, 0.717) is 5.92 Å². The van der Waals surface area contributed by atoms with E-state index in [-0.39, 0.29) is 5.56 Å². The molecule has 4 nitrogen and oxygen atoms in total. The van der Waals surface area contributed by atoms with E-state index in [0.717, 1.165) is 17.1 Å². The van der Waals surface area contributed by atoms with Crippen molar-refractivity contribution in [3.05, 3.63) is 46.4 Å². The molecule has 3 rings (SSSR count). The van der Waals surface area contributed by atoms with E-state index < -0.39 is 0 Å². The van der Waals surface area contributed by atoms with Gasteiger partial charge >= 0.3 is 0 Å². The van der Waals surface area contributed by atoms with Crippen molar-refractivity contribution in [2.45, 2.75) is 18.8 Å². The van der Waals surface area contributed by atoms with E-state index in [1.54, 1.807) is 17.9 Å². The maximum Gasteiger partial charge on any atom is 0.271 e. The Hall–Kier alpha value is -1.97. The molecule has 94 valence electrons. The molecule has 0 N–H and O–H groups in total. The highest BCUT2D eigenvalue weighted by Gasteiger charge is 2.28. The van der Waals surface area contributed by atoms with E-state index >= 15 is 0 Å². The van der Waals surface area contributed by atoms with Crippen LogP contribution >= 0.6 is 0 Å². The largest absolute Gasteiger partial charge is 0.497 e. The van der Waals surface area contributed by atoms with Crippen molar-refractivity contribution in [3.8, 4) is 11.4 Å². The summed E-state index contributed by atoms with van der Waals surface area (Å²) in [5.74, 6) is 1.32. The Labute approximate surface area is 105 Å².